The molecule has 0 saturated carbocycles. The number of benzene rings is 2. The molecule has 0 radical (unpaired) electrons. The van der Waals surface area contributed by atoms with Gasteiger partial charge in [0, 0.05) is 0 Å². The van der Waals surface area contributed by atoms with Gasteiger partial charge in [0.05, 0.1) is 10.5 Å². The van der Waals surface area contributed by atoms with E-state index in [0.29, 0.717) is 5.56 Å². The zero-order valence-electron chi connectivity index (χ0n) is 12.6. The van der Waals surface area contributed by atoms with Crippen LogP contribution >= 0.6 is 0 Å². The Hall–Kier alpha value is -2.44. The summed E-state index contributed by atoms with van der Waals surface area (Å²) < 4.78 is 30.5. The molecule has 2 rings (SSSR count). The van der Waals surface area contributed by atoms with Gasteiger partial charge < -0.3 is 4.74 Å². The maximum absolute atomic E-state index is 11.9. The van der Waals surface area contributed by atoms with Gasteiger partial charge in [0.2, 0.25) is 10.0 Å². The number of hydrogen-bond acceptors (Lipinski definition) is 4. The predicted molar refractivity (Wildman–Crippen MR) is 88.4 cm³/mol. The molecule has 5 nitrogen and oxygen atoms in total. The molecule has 0 bridgehead atoms. The van der Waals surface area contributed by atoms with Crippen LogP contribution < -0.4 is 4.72 Å². The Morgan fingerprint density at radius 1 is 1.09 bits per heavy atom. The van der Waals surface area contributed by atoms with Gasteiger partial charge in [-0.15, -0.1) is 0 Å². The van der Waals surface area contributed by atoms with Crippen LogP contribution in [-0.2, 0) is 14.8 Å². The summed E-state index contributed by atoms with van der Waals surface area (Å²) in [5.41, 5.74) is 1.32. The minimum absolute atomic E-state index is 0.0977. The first kappa shape index (κ1) is 16.9. The quantitative estimate of drug-likeness (QED) is 0.825. The molecule has 0 amide bonds. The highest BCUT2D eigenvalue weighted by molar-refractivity contribution is 7.89. The lowest BCUT2D eigenvalue weighted by molar-refractivity contribution is 0.0550. The Kier molecular flexibility index (Phi) is 5.67. The van der Waals surface area contributed by atoms with Gasteiger partial charge in [-0.1, -0.05) is 36.4 Å². The highest BCUT2D eigenvalue weighted by Crippen LogP contribution is 2.11. The zero-order valence-corrected chi connectivity index (χ0v) is 13.4. The van der Waals surface area contributed by atoms with Crippen molar-refractivity contribution in [2.45, 2.75) is 4.90 Å². The number of nitrogens with one attached hydrogen (secondary N) is 1. The van der Waals surface area contributed by atoms with Crippen molar-refractivity contribution in [3.8, 4) is 0 Å². The van der Waals surface area contributed by atoms with Crippen LogP contribution in [0.15, 0.2) is 65.6 Å². The van der Waals surface area contributed by atoms with Gasteiger partial charge in [-0.2, -0.15) is 0 Å². The van der Waals surface area contributed by atoms with Crippen molar-refractivity contribution in [1.82, 2.24) is 4.72 Å². The third kappa shape index (κ3) is 4.77. The molecule has 2 aromatic carbocycles. The molecule has 0 heterocycles. The van der Waals surface area contributed by atoms with Gasteiger partial charge in [0.1, 0.15) is 6.61 Å². The Balaban J connectivity index is 1.92. The summed E-state index contributed by atoms with van der Waals surface area (Å²) in [5, 5.41) is 0. The Morgan fingerprint density at radius 2 is 1.74 bits per heavy atom. The molecule has 0 fully saturated rings. The summed E-state index contributed by atoms with van der Waals surface area (Å²) in [5.74, 6) is -0.504. The molecule has 2 aromatic rings. The second-order valence-corrected chi connectivity index (χ2v) is 6.53. The van der Waals surface area contributed by atoms with E-state index in [9.17, 15) is 13.2 Å². The summed E-state index contributed by atoms with van der Waals surface area (Å²) >= 11 is 0. The first-order chi connectivity index (χ1) is 11.0. The van der Waals surface area contributed by atoms with Crippen molar-refractivity contribution in [3.05, 3.63) is 71.8 Å². The van der Waals surface area contributed by atoms with Crippen LogP contribution in [0.3, 0.4) is 0 Å². The largest absolute Gasteiger partial charge is 0.458 e. The maximum atomic E-state index is 11.9. The highest BCUT2D eigenvalue weighted by atomic mass is 32.2. The highest BCUT2D eigenvalue weighted by Gasteiger charge is 2.12. The molecular formula is C17H17NO4S. The van der Waals surface area contributed by atoms with Gasteiger partial charge in [-0.05, 0) is 43.0 Å². The molecule has 0 saturated heterocycles. The molecule has 0 atom stereocenters. The fourth-order valence-corrected chi connectivity index (χ4v) is 2.57. The third-order valence-electron chi connectivity index (χ3n) is 3.09. The lowest BCUT2D eigenvalue weighted by atomic mass is 10.2. The number of sulfonamides is 1. The van der Waals surface area contributed by atoms with E-state index < -0.39 is 16.0 Å². The van der Waals surface area contributed by atoms with Crippen LogP contribution in [0.4, 0.5) is 0 Å². The minimum Gasteiger partial charge on any atom is -0.458 e. The van der Waals surface area contributed by atoms with Crippen LogP contribution in [0, 0.1) is 0 Å². The molecule has 120 valence electrons. The minimum atomic E-state index is -3.51. The van der Waals surface area contributed by atoms with Gasteiger partial charge in [0.15, 0.2) is 0 Å². The van der Waals surface area contributed by atoms with E-state index in [0.717, 1.165) is 5.56 Å². The average molecular weight is 331 g/mol. The van der Waals surface area contributed by atoms with Crippen molar-refractivity contribution >= 4 is 22.1 Å². The molecule has 0 unspecified atom stereocenters. The molecule has 0 spiro atoms. The van der Waals surface area contributed by atoms with Gasteiger partial charge in [-0.3, -0.25) is 0 Å². The molecular weight excluding hydrogens is 314 g/mol. The lowest BCUT2D eigenvalue weighted by Gasteiger charge is -2.04. The van der Waals surface area contributed by atoms with Crippen LogP contribution in [0.1, 0.15) is 15.9 Å². The molecule has 0 aliphatic rings. The number of ether oxygens (including phenoxy) is 1. The Bertz CT molecular complexity index is 781. The van der Waals surface area contributed by atoms with E-state index in [1.165, 1.54) is 31.3 Å². The normalized spacial score (nSPS) is 11.5. The van der Waals surface area contributed by atoms with Gasteiger partial charge in [0.25, 0.3) is 0 Å². The molecule has 6 heteroatoms. The van der Waals surface area contributed by atoms with Crippen molar-refractivity contribution in [2.75, 3.05) is 13.7 Å². The SMILES string of the molecule is CNS(=O)(=O)c1ccc(C(=O)OC/C=C/c2ccccc2)cc1. The van der Waals surface area contributed by atoms with Gasteiger partial charge >= 0.3 is 5.97 Å². The van der Waals surface area contributed by atoms with Crippen LogP contribution in [-0.4, -0.2) is 28.0 Å². The molecule has 0 aliphatic carbocycles. The molecule has 0 aliphatic heterocycles. The smallest absolute Gasteiger partial charge is 0.338 e. The second kappa shape index (κ2) is 7.71. The van der Waals surface area contributed by atoms with E-state index in [1.807, 2.05) is 36.4 Å². The zero-order chi connectivity index (χ0) is 16.7. The third-order valence-corrected chi connectivity index (χ3v) is 4.52. The fourth-order valence-electron chi connectivity index (χ4n) is 1.84. The molecule has 23 heavy (non-hydrogen) atoms. The molecule has 1 N–H and O–H groups in total. The van der Waals surface area contributed by atoms with E-state index in [4.69, 9.17) is 4.74 Å². The first-order valence-electron chi connectivity index (χ1n) is 6.95. The van der Waals surface area contributed by atoms with E-state index in [-0.39, 0.29) is 11.5 Å². The number of esters is 1. The second-order valence-electron chi connectivity index (χ2n) is 4.64. The van der Waals surface area contributed by atoms with Crippen molar-refractivity contribution < 1.29 is 17.9 Å². The van der Waals surface area contributed by atoms with Crippen LogP contribution in [0.25, 0.3) is 6.08 Å². The number of rotatable bonds is 6. The van der Waals surface area contributed by atoms with Crippen LogP contribution in [0.5, 0.6) is 0 Å². The molecule has 0 aromatic heterocycles. The standard InChI is InChI=1S/C17H17NO4S/c1-18-23(20,21)16-11-9-15(10-12-16)17(19)22-13-5-8-14-6-3-2-4-7-14/h2-12,18H,13H2,1H3/b8-5+. The lowest BCUT2D eigenvalue weighted by Crippen LogP contribution is -2.18. The van der Waals surface area contributed by atoms with E-state index in [1.54, 1.807) is 6.08 Å². The summed E-state index contributed by atoms with van der Waals surface area (Å²) in [6.07, 6.45) is 3.60. The summed E-state index contributed by atoms with van der Waals surface area (Å²) in [7, 11) is -2.18. The number of carbonyl (C=O) groups is 1. The monoisotopic (exact) mass is 331 g/mol. The number of carbonyl (C=O) groups excluding carboxylic acids is 1. The summed E-state index contributed by atoms with van der Waals surface area (Å²) in [4.78, 5) is 12.0. The Morgan fingerprint density at radius 3 is 2.35 bits per heavy atom. The predicted octanol–water partition coefficient (Wildman–Crippen LogP) is 2.46. The summed E-state index contributed by atoms with van der Waals surface area (Å²) in [6.45, 7) is 0.143. The topological polar surface area (TPSA) is 72.5 Å². The van der Waals surface area contributed by atoms with E-state index >= 15 is 0 Å². The van der Waals surface area contributed by atoms with Crippen molar-refractivity contribution in [1.29, 1.82) is 0 Å². The fraction of sp³-hybridized carbons (Fsp3) is 0.118. The van der Waals surface area contributed by atoms with Crippen molar-refractivity contribution in [2.24, 2.45) is 0 Å². The number of hydrogen-bond donors (Lipinski definition) is 1. The van der Waals surface area contributed by atoms with Gasteiger partial charge in [-0.25, -0.2) is 17.9 Å². The maximum Gasteiger partial charge on any atom is 0.338 e. The van der Waals surface area contributed by atoms with E-state index in [2.05, 4.69) is 4.72 Å². The summed E-state index contributed by atoms with van der Waals surface area (Å²) in [6, 6.07) is 15.2. The average Bonchev–Trinajstić information content (AvgIpc) is 2.59. The van der Waals surface area contributed by atoms with Crippen LogP contribution in [0.2, 0.25) is 0 Å². The Labute approximate surface area is 135 Å². The first-order valence-corrected chi connectivity index (χ1v) is 8.43. The van der Waals surface area contributed by atoms with Crippen molar-refractivity contribution in [3.63, 3.8) is 0 Å².